The van der Waals surface area contributed by atoms with Gasteiger partial charge in [0, 0.05) is 6.54 Å². The molecule has 136 valence electrons. The molecule has 0 aliphatic rings. The highest BCUT2D eigenvalue weighted by Gasteiger charge is 2.07. The Kier molecular flexibility index (Phi) is 6.06. The topological polar surface area (TPSA) is 67.0 Å². The minimum Gasteiger partial charge on any atom is -0.435 e. The van der Waals surface area contributed by atoms with E-state index in [0.717, 1.165) is 16.6 Å². The normalized spacial score (nSPS) is 11.0. The van der Waals surface area contributed by atoms with Crippen LogP contribution in [0.2, 0.25) is 0 Å². The lowest BCUT2D eigenvalue weighted by atomic mass is 10.1. The van der Waals surface area contributed by atoms with E-state index in [-0.39, 0.29) is 17.4 Å². The van der Waals surface area contributed by atoms with E-state index in [1.165, 1.54) is 23.9 Å². The number of amides is 1. The highest BCUT2D eigenvalue weighted by Crippen LogP contribution is 2.19. The Morgan fingerprint density at radius 1 is 1.19 bits per heavy atom. The second-order valence-electron chi connectivity index (χ2n) is 5.47. The molecule has 0 fully saturated rings. The number of alkyl halides is 2. The van der Waals surface area contributed by atoms with Gasteiger partial charge in [-0.2, -0.15) is 8.78 Å². The summed E-state index contributed by atoms with van der Waals surface area (Å²) in [6, 6.07) is 14.1. The number of rotatable bonds is 8. The van der Waals surface area contributed by atoms with Gasteiger partial charge in [-0.25, -0.2) is 4.98 Å². The standard InChI is InChI=1S/C18H17F2N3O2S/c19-17(20)25-13-7-5-12(6-8-13)9-10-21-16(24)11-26-18-22-14-3-1-2-4-15(14)23-18/h1-8,17H,9-11H2,(H,21,24)(H,22,23). The largest absolute Gasteiger partial charge is 0.435 e. The molecular formula is C18H17F2N3O2S. The molecule has 26 heavy (non-hydrogen) atoms. The number of carbonyl (C=O) groups excluding carboxylic acids is 1. The number of hydrogen-bond donors (Lipinski definition) is 2. The molecule has 3 rings (SSSR count). The summed E-state index contributed by atoms with van der Waals surface area (Å²) in [5, 5.41) is 3.53. The number of para-hydroxylation sites is 2. The van der Waals surface area contributed by atoms with Crippen molar-refractivity contribution in [1.29, 1.82) is 0 Å². The Bertz CT molecular complexity index is 835. The van der Waals surface area contributed by atoms with Crippen LogP contribution in [0.1, 0.15) is 5.56 Å². The Balaban J connectivity index is 1.40. The van der Waals surface area contributed by atoms with Crippen LogP contribution in [0.4, 0.5) is 8.78 Å². The minimum atomic E-state index is -2.83. The van der Waals surface area contributed by atoms with Gasteiger partial charge in [0.05, 0.1) is 16.8 Å². The van der Waals surface area contributed by atoms with Crippen molar-refractivity contribution in [3.63, 3.8) is 0 Å². The molecule has 2 N–H and O–H groups in total. The number of aromatic nitrogens is 2. The number of halogens is 2. The average molecular weight is 377 g/mol. The number of carbonyl (C=O) groups is 1. The molecule has 0 aliphatic heterocycles. The maximum atomic E-state index is 12.1. The van der Waals surface area contributed by atoms with Crippen molar-refractivity contribution in [3.05, 3.63) is 54.1 Å². The van der Waals surface area contributed by atoms with E-state index in [1.807, 2.05) is 24.3 Å². The second-order valence-corrected chi connectivity index (χ2v) is 6.43. The first kappa shape index (κ1) is 18.2. The molecular weight excluding hydrogens is 360 g/mol. The number of nitrogens with zero attached hydrogens (tertiary/aromatic N) is 1. The predicted octanol–water partition coefficient (Wildman–Crippen LogP) is 3.62. The maximum Gasteiger partial charge on any atom is 0.387 e. The van der Waals surface area contributed by atoms with Crippen molar-refractivity contribution in [2.45, 2.75) is 18.2 Å². The molecule has 5 nitrogen and oxygen atoms in total. The Hall–Kier alpha value is -2.61. The van der Waals surface area contributed by atoms with Gasteiger partial charge in [-0.1, -0.05) is 36.0 Å². The zero-order valence-electron chi connectivity index (χ0n) is 13.7. The molecule has 8 heteroatoms. The van der Waals surface area contributed by atoms with Gasteiger partial charge in [0.2, 0.25) is 5.91 Å². The van der Waals surface area contributed by atoms with Gasteiger partial charge in [-0.05, 0) is 36.2 Å². The number of H-pyrrole nitrogens is 1. The van der Waals surface area contributed by atoms with Crippen LogP contribution < -0.4 is 10.1 Å². The monoisotopic (exact) mass is 377 g/mol. The van der Waals surface area contributed by atoms with Gasteiger partial charge in [0.15, 0.2) is 5.16 Å². The van der Waals surface area contributed by atoms with E-state index < -0.39 is 6.61 Å². The summed E-state index contributed by atoms with van der Waals surface area (Å²) in [4.78, 5) is 19.5. The third-order valence-corrected chi connectivity index (χ3v) is 4.47. The number of aromatic amines is 1. The molecule has 1 amide bonds. The van der Waals surface area contributed by atoms with Crippen molar-refractivity contribution >= 4 is 28.7 Å². The van der Waals surface area contributed by atoms with Crippen LogP contribution in [-0.4, -0.2) is 34.8 Å². The molecule has 1 aromatic heterocycles. The summed E-state index contributed by atoms with van der Waals surface area (Å²) in [5.41, 5.74) is 2.74. The molecule has 0 atom stereocenters. The lowest BCUT2D eigenvalue weighted by molar-refractivity contribution is -0.118. The predicted molar refractivity (Wildman–Crippen MR) is 96.6 cm³/mol. The Morgan fingerprint density at radius 2 is 1.96 bits per heavy atom. The number of thioether (sulfide) groups is 1. The third-order valence-electron chi connectivity index (χ3n) is 3.59. The summed E-state index contributed by atoms with van der Waals surface area (Å²) in [7, 11) is 0. The van der Waals surface area contributed by atoms with Gasteiger partial charge in [-0.3, -0.25) is 4.79 Å². The number of hydrogen-bond acceptors (Lipinski definition) is 4. The van der Waals surface area contributed by atoms with Crippen molar-refractivity contribution in [2.75, 3.05) is 12.3 Å². The SMILES string of the molecule is O=C(CSc1nc2ccccc2[nH]1)NCCc1ccc(OC(F)F)cc1. The first-order chi connectivity index (χ1) is 12.6. The van der Waals surface area contributed by atoms with Crippen LogP contribution in [-0.2, 0) is 11.2 Å². The zero-order chi connectivity index (χ0) is 18.4. The highest BCUT2D eigenvalue weighted by molar-refractivity contribution is 7.99. The summed E-state index contributed by atoms with van der Waals surface area (Å²) in [6.45, 7) is -2.36. The number of fused-ring (bicyclic) bond motifs is 1. The Labute approximate surface area is 153 Å². The molecule has 0 unspecified atom stereocenters. The van der Waals surface area contributed by atoms with E-state index in [1.54, 1.807) is 12.1 Å². The lowest BCUT2D eigenvalue weighted by Gasteiger charge is -2.07. The van der Waals surface area contributed by atoms with Gasteiger partial charge in [-0.15, -0.1) is 0 Å². The minimum absolute atomic E-state index is 0.0897. The van der Waals surface area contributed by atoms with Gasteiger partial charge < -0.3 is 15.0 Å². The molecule has 1 heterocycles. The third kappa shape index (κ3) is 5.19. The molecule has 0 saturated carbocycles. The fourth-order valence-corrected chi connectivity index (χ4v) is 3.08. The average Bonchev–Trinajstić information content (AvgIpc) is 3.04. The van der Waals surface area contributed by atoms with E-state index in [0.29, 0.717) is 18.1 Å². The molecule has 2 aromatic carbocycles. The van der Waals surface area contributed by atoms with Crippen molar-refractivity contribution < 1.29 is 18.3 Å². The van der Waals surface area contributed by atoms with E-state index in [2.05, 4.69) is 20.0 Å². The fourth-order valence-electron chi connectivity index (χ4n) is 2.37. The molecule has 0 saturated heterocycles. The number of ether oxygens (including phenoxy) is 1. The molecule has 0 radical (unpaired) electrons. The Morgan fingerprint density at radius 3 is 2.69 bits per heavy atom. The molecule has 0 bridgehead atoms. The zero-order valence-corrected chi connectivity index (χ0v) is 14.6. The first-order valence-corrected chi connectivity index (χ1v) is 8.97. The fraction of sp³-hybridized carbons (Fsp3) is 0.222. The van der Waals surface area contributed by atoms with Gasteiger partial charge >= 0.3 is 6.61 Å². The van der Waals surface area contributed by atoms with E-state index >= 15 is 0 Å². The molecule has 0 spiro atoms. The molecule has 0 aliphatic carbocycles. The second kappa shape index (κ2) is 8.66. The highest BCUT2D eigenvalue weighted by atomic mass is 32.2. The number of imidazole rings is 1. The van der Waals surface area contributed by atoms with Gasteiger partial charge in [0.25, 0.3) is 0 Å². The van der Waals surface area contributed by atoms with Crippen molar-refractivity contribution in [1.82, 2.24) is 15.3 Å². The number of benzene rings is 2. The van der Waals surface area contributed by atoms with Crippen LogP contribution in [0.5, 0.6) is 5.75 Å². The van der Waals surface area contributed by atoms with Crippen LogP contribution in [0, 0.1) is 0 Å². The summed E-state index contributed by atoms with van der Waals surface area (Å²) >= 11 is 1.34. The quantitative estimate of drug-likeness (QED) is 0.589. The summed E-state index contributed by atoms with van der Waals surface area (Å²) in [5.74, 6) is 0.296. The number of nitrogens with one attached hydrogen (secondary N) is 2. The summed E-state index contributed by atoms with van der Waals surface area (Å²) < 4.78 is 28.5. The maximum absolute atomic E-state index is 12.1. The van der Waals surface area contributed by atoms with E-state index in [4.69, 9.17) is 0 Å². The van der Waals surface area contributed by atoms with Crippen LogP contribution >= 0.6 is 11.8 Å². The van der Waals surface area contributed by atoms with Crippen molar-refractivity contribution in [3.8, 4) is 5.75 Å². The van der Waals surface area contributed by atoms with Crippen LogP contribution in [0.25, 0.3) is 11.0 Å². The van der Waals surface area contributed by atoms with Crippen LogP contribution in [0.3, 0.4) is 0 Å². The lowest BCUT2D eigenvalue weighted by Crippen LogP contribution is -2.27. The van der Waals surface area contributed by atoms with Crippen molar-refractivity contribution in [2.24, 2.45) is 0 Å². The van der Waals surface area contributed by atoms with Crippen LogP contribution in [0.15, 0.2) is 53.7 Å². The van der Waals surface area contributed by atoms with E-state index in [9.17, 15) is 13.6 Å². The summed E-state index contributed by atoms with van der Waals surface area (Å²) in [6.07, 6.45) is 0.607. The first-order valence-electron chi connectivity index (χ1n) is 7.98. The molecule has 3 aromatic rings. The smallest absolute Gasteiger partial charge is 0.387 e. The van der Waals surface area contributed by atoms with Gasteiger partial charge in [0.1, 0.15) is 5.75 Å².